The van der Waals surface area contributed by atoms with Crippen molar-refractivity contribution in [2.75, 3.05) is 26.4 Å². The van der Waals surface area contributed by atoms with Crippen LogP contribution in [0.25, 0.3) is 0 Å². The molecule has 0 aliphatic carbocycles. The van der Waals surface area contributed by atoms with Crippen molar-refractivity contribution in [1.29, 1.82) is 0 Å². The number of halogens is 2. The van der Waals surface area contributed by atoms with Gasteiger partial charge < -0.3 is 19.9 Å². The van der Waals surface area contributed by atoms with Gasteiger partial charge in [0.25, 0.3) is 0 Å². The van der Waals surface area contributed by atoms with Crippen LogP contribution < -0.4 is 5.32 Å². The third-order valence-corrected chi connectivity index (χ3v) is 2.97. The molecule has 0 saturated carbocycles. The molecule has 0 aliphatic heterocycles. The van der Waals surface area contributed by atoms with Crippen LogP contribution in [0.4, 0.5) is 4.39 Å². The number of ether oxygens (including phenoxy) is 2. The Labute approximate surface area is 130 Å². The van der Waals surface area contributed by atoms with Crippen molar-refractivity contribution in [3.05, 3.63) is 34.6 Å². The van der Waals surface area contributed by atoms with E-state index in [0.717, 1.165) is 5.56 Å². The number of hydrogen-bond acceptors (Lipinski definition) is 4. The standard InChI is InChI=1S/C15H23ClFNO3/c1-11(2)21-6-5-20-10-13(19)9-18-8-12-3-4-15(17)14(16)7-12/h3-4,7,11,13,18-19H,5-6,8-10H2,1-2H3. The summed E-state index contributed by atoms with van der Waals surface area (Å²) in [4.78, 5) is 0. The zero-order valence-corrected chi connectivity index (χ0v) is 13.2. The highest BCUT2D eigenvalue weighted by molar-refractivity contribution is 6.30. The number of hydrogen-bond donors (Lipinski definition) is 2. The lowest BCUT2D eigenvalue weighted by atomic mass is 10.2. The molecule has 0 aliphatic rings. The molecule has 0 saturated heterocycles. The maximum Gasteiger partial charge on any atom is 0.141 e. The van der Waals surface area contributed by atoms with Crippen molar-refractivity contribution in [3.8, 4) is 0 Å². The molecule has 0 aromatic heterocycles. The highest BCUT2D eigenvalue weighted by atomic mass is 35.5. The molecule has 0 bridgehead atoms. The Kier molecular flexibility index (Phi) is 8.80. The summed E-state index contributed by atoms with van der Waals surface area (Å²) in [7, 11) is 0. The summed E-state index contributed by atoms with van der Waals surface area (Å²) in [6.45, 7) is 6.04. The van der Waals surface area contributed by atoms with Gasteiger partial charge in [-0.15, -0.1) is 0 Å². The van der Waals surface area contributed by atoms with E-state index in [2.05, 4.69) is 5.32 Å². The minimum atomic E-state index is -0.597. The van der Waals surface area contributed by atoms with Crippen LogP contribution in [-0.2, 0) is 16.0 Å². The normalized spacial score (nSPS) is 12.9. The van der Waals surface area contributed by atoms with Crippen molar-refractivity contribution in [2.24, 2.45) is 0 Å². The van der Waals surface area contributed by atoms with E-state index in [4.69, 9.17) is 21.1 Å². The Hall–Kier alpha value is -0.720. The number of benzene rings is 1. The van der Waals surface area contributed by atoms with Crippen LogP contribution >= 0.6 is 11.6 Å². The molecule has 21 heavy (non-hydrogen) atoms. The second-order valence-electron chi connectivity index (χ2n) is 5.03. The molecule has 0 fully saturated rings. The maximum atomic E-state index is 13.0. The van der Waals surface area contributed by atoms with Crippen LogP contribution in [0.3, 0.4) is 0 Å². The van der Waals surface area contributed by atoms with Gasteiger partial charge in [-0.3, -0.25) is 0 Å². The molecule has 1 atom stereocenters. The fourth-order valence-corrected chi connectivity index (χ4v) is 1.86. The number of aliphatic hydroxyl groups is 1. The van der Waals surface area contributed by atoms with Crippen molar-refractivity contribution in [1.82, 2.24) is 5.32 Å². The molecule has 1 unspecified atom stereocenters. The number of nitrogens with one attached hydrogen (secondary N) is 1. The van der Waals surface area contributed by atoms with Gasteiger partial charge in [-0.1, -0.05) is 17.7 Å². The van der Waals surface area contributed by atoms with Crippen molar-refractivity contribution in [2.45, 2.75) is 32.6 Å². The minimum absolute atomic E-state index is 0.100. The Morgan fingerprint density at radius 3 is 2.76 bits per heavy atom. The van der Waals surface area contributed by atoms with Gasteiger partial charge >= 0.3 is 0 Å². The second kappa shape index (κ2) is 10.1. The first-order valence-electron chi connectivity index (χ1n) is 7.01. The topological polar surface area (TPSA) is 50.7 Å². The first-order chi connectivity index (χ1) is 9.99. The molecule has 1 aromatic carbocycles. The molecule has 6 heteroatoms. The summed E-state index contributed by atoms with van der Waals surface area (Å²) < 4.78 is 23.6. The molecule has 2 N–H and O–H groups in total. The molecule has 0 radical (unpaired) electrons. The molecule has 0 amide bonds. The third kappa shape index (κ3) is 8.34. The summed E-state index contributed by atoms with van der Waals surface area (Å²) >= 11 is 5.69. The zero-order chi connectivity index (χ0) is 15.7. The first kappa shape index (κ1) is 18.3. The van der Waals surface area contributed by atoms with Gasteiger partial charge in [-0.05, 0) is 31.5 Å². The van der Waals surface area contributed by atoms with Gasteiger partial charge in [0.2, 0.25) is 0 Å². The van der Waals surface area contributed by atoms with Crippen molar-refractivity contribution >= 4 is 11.6 Å². The number of rotatable bonds is 10. The fourth-order valence-electron chi connectivity index (χ4n) is 1.65. The molecule has 4 nitrogen and oxygen atoms in total. The Balaban J connectivity index is 2.10. The first-order valence-corrected chi connectivity index (χ1v) is 7.39. The summed E-state index contributed by atoms with van der Waals surface area (Å²) in [6, 6.07) is 4.55. The largest absolute Gasteiger partial charge is 0.389 e. The van der Waals surface area contributed by atoms with Crippen molar-refractivity contribution in [3.63, 3.8) is 0 Å². The van der Waals surface area contributed by atoms with E-state index in [1.807, 2.05) is 13.8 Å². The van der Waals surface area contributed by atoms with E-state index in [1.165, 1.54) is 6.07 Å². The molecule has 1 rings (SSSR count). The Morgan fingerprint density at radius 1 is 1.33 bits per heavy atom. The summed E-state index contributed by atoms with van der Waals surface area (Å²) in [5, 5.41) is 12.9. The third-order valence-electron chi connectivity index (χ3n) is 2.68. The van der Waals surface area contributed by atoms with Gasteiger partial charge in [0.1, 0.15) is 5.82 Å². The highest BCUT2D eigenvalue weighted by Crippen LogP contribution is 2.15. The average molecular weight is 320 g/mol. The molecular formula is C15H23ClFNO3. The second-order valence-corrected chi connectivity index (χ2v) is 5.43. The lowest BCUT2D eigenvalue weighted by Crippen LogP contribution is -2.30. The van der Waals surface area contributed by atoms with E-state index in [-0.39, 0.29) is 17.7 Å². The monoisotopic (exact) mass is 319 g/mol. The van der Waals surface area contributed by atoms with Gasteiger partial charge in [0.05, 0.1) is 37.1 Å². The van der Waals surface area contributed by atoms with Gasteiger partial charge in [0.15, 0.2) is 0 Å². The van der Waals surface area contributed by atoms with E-state index in [9.17, 15) is 9.50 Å². The van der Waals surface area contributed by atoms with Gasteiger partial charge in [0, 0.05) is 13.1 Å². The SMILES string of the molecule is CC(C)OCCOCC(O)CNCc1ccc(F)c(Cl)c1. The minimum Gasteiger partial charge on any atom is -0.389 e. The van der Waals surface area contributed by atoms with E-state index >= 15 is 0 Å². The smallest absolute Gasteiger partial charge is 0.141 e. The quantitative estimate of drug-likeness (QED) is 0.650. The van der Waals surface area contributed by atoms with E-state index in [1.54, 1.807) is 12.1 Å². The Morgan fingerprint density at radius 2 is 2.10 bits per heavy atom. The van der Waals surface area contributed by atoms with Crippen molar-refractivity contribution < 1.29 is 19.0 Å². The van der Waals surface area contributed by atoms with Crippen LogP contribution in [-0.4, -0.2) is 43.7 Å². The van der Waals surface area contributed by atoms with Crippen LogP contribution in [0.2, 0.25) is 5.02 Å². The average Bonchev–Trinajstić information content (AvgIpc) is 2.42. The molecule has 0 heterocycles. The van der Waals surface area contributed by atoms with Crippen LogP contribution in [0, 0.1) is 5.82 Å². The Bertz CT molecular complexity index is 418. The highest BCUT2D eigenvalue weighted by Gasteiger charge is 2.05. The van der Waals surface area contributed by atoms with Crippen LogP contribution in [0.1, 0.15) is 19.4 Å². The summed E-state index contributed by atoms with van der Waals surface area (Å²) in [6.07, 6.45) is -0.414. The molecule has 0 spiro atoms. The van der Waals surface area contributed by atoms with Gasteiger partial charge in [-0.25, -0.2) is 4.39 Å². The summed E-state index contributed by atoms with van der Waals surface area (Å²) in [5.74, 6) is -0.433. The molecular weight excluding hydrogens is 297 g/mol. The predicted molar refractivity (Wildman–Crippen MR) is 81.0 cm³/mol. The van der Waals surface area contributed by atoms with E-state index in [0.29, 0.717) is 26.3 Å². The number of aliphatic hydroxyl groups excluding tert-OH is 1. The van der Waals surface area contributed by atoms with Crippen LogP contribution in [0.5, 0.6) is 0 Å². The zero-order valence-electron chi connectivity index (χ0n) is 12.4. The maximum absolute atomic E-state index is 13.0. The van der Waals surface area contributed by atoms with Gasteiger partial charge in [-0.2, -0.15) is 0 Å². The molecule has 1 aromatic rings. The predicted octanol–water partition coefficient (Wildman–Crippen LogP) is 2.37. The lowest BCUT2D eigenvalue weighted by Gasteiger charge is -2.13. The summed E-state index contributed by atoms with van der Waals surface area (Å²) in [5.41, 5.74) is 0.861. The van der Waals surface area contributed by atoms with Crippen LogP contribution in [0.15, 0.2) is 18.2 Å². The van der Waals surface area contributed by atoms with E-state index < -0.39 is 11.9 Å². The fraction of sp³-hybridized carbons (Fsp3) is 0.600. The lowest BCUT2D eigenvalue weighted by molar-refractivity contribution is -0.0100. The molecule has 120 valence electrons.